The van der Waals surface area contributed by atoms with Crippen LogP contribution in [0.25, 0.3) is 0 Å². The van der Waals surface area contributed by atoms with Crippen molar-refractivity contribution in [2.75, 3.05) is 26.3 Å². The molecule has 2 aliphatic rings. The van der Waals surface area contributed by atoms with Gasteiger partial charge in [0.2, 0.25) is 0 Å². The molecule has 2 heterocycles. The molecule has 8 heteroatoms. The van der Waals surface area contributed by atoms with E-state index in [4.69, 9.17) is 9.84 Å². The maximum Gasteiger partial charge on any atom is 0.305 e. The smallest absolute Gasteiger partial charge is 0.305 e. The third kappa shape index (κ3) is 3.71. The largest absolute Gasteiger partial charge is 0.481 e. The maximum atomic E-state index is 12.9. The molecule has 27 heavy (non-hydrogen) atoms. The van der Waals surface area contributed by atoms with E-state index in [1.165, 1.54) is 28.0 Å². The molecule has 1 aromatic rings. The number of aliphatic carboxylic acids is 1. The van der Waals surface area contributed by atoms with E-state index in [-0.39, 0.29) is 48.4 Å². The molecule has 1 saturated heterocycles. The van der Waals surface area contributed by atoms with Crippen LogP contribution in [0, 0.1) is 0 Å². The fraction of sp³-hybridized carbons (Fsp3) is 0.474. The van der Waals surface area contributed by atoms with Crippen molar-refractivity contribution in [3.05, 3.63) is 34.9 Å². The van der Waals surface area contributed by atoms with Gasteiger partial charge < -0.3 is 14.7 Å². The summed E-state index contributed by atoms with van der Waals surface area (Å²) in [5.41, 5.74) is 0.797. The Morgan fingerprint density at radius 2 is 1.96 bits per heavy atom. The van der Waals surface area contributed by atoms with Crippen molar-refractivity contribution in [2.45, 2.75) is 32.2 Å². The Morgan fingerprint density at radius 1 is 1.22 bits per heavy atom. The lowest BCUT2D eigenvalue weighted by Gasteiger charge is -2.34. The Kier molecular flexibility index (Phi) is 5.55. The first-order valence-corrected chi connectivity index (χ1v) is 9.04. The summed E-state index contributed by atoms with van der Waals surface area (Å²) >= 11 is 0. The summed E-state index contributed by atoms with van der Waals surface area (Å²) in [7, 11) is 0. The van der Waals surface area contributed by atoms with Crippen LogP contribution in [-0.4, -0.2) is 70.9 Å². The van der Waals surface area contributed by atoms with Gasteiger partial charge in [-0.15, -0.1) is 0 Å². The van der Waals surface area contributed by atoms with E-state index >= 15 is 0 Å². The normalized spacial score (nSPS) is 19.4. The lowest BCUT2D eigenvalue weighted by molar-refractivity contribution is -0.139. The minimum absolute atomic E-state index is 0.158. The van der Waals surface area contributed by atoms with Crippen LogP contribution in [0.15, 0.2) is 18.2 Å². The molecule has 1 fully saturated rings. The molecule has 1 N–H and O–H groups in total. The van der Waals surface area contributed by atoms with E-state index < -0.39 is 12.0 Å². The van der Waals surface area contributed by atoms with Crippen molar-refractivity contribution in [3.8, 4) is 0 Å². The number of carbonyl (C=O) groups excluding carboxylic acids is 3. The molecule has 3 rings (SSSR count). The van der Waals surface area contributed by atoms with Gasteiger partial charge in [0.25, 0.3) is 17.7 Å². The van der Waals surface area contributed by atoms with Gasteiger partial charge in [-0.2, -0.15) is 0 Å². The third-order valence-corrected chi connectivity index (χ3v) is 4.85. The van der Waals surface area contributed by atoms with E-state index in [1.54, 1.807) is 0 Å². The first kappa shape index (κ1) is 19.0. The predicted molar refractivity (Wildman–Crippen MR) is 94.6 cm³/mol. The summed E-state index contributed by atoms with van der Waals surface area (Å²) in [4.78, 5) is 51.6. The van der Waals surface area contributed by atoms with Crippen LogP contribution in [0.5, 0.6) is 0 Å². The van der Waals surface area contributed by atoms with Crippen molar-refractivity contribution in [3.63, 3.8) is 0 Å². The van der Waals surface area contributed by atoms with Crippen molar-refractivity contribution in [1.29, 1.82) is 0 Å². The first-order chi connectivity index (χ1) is 12.9. The second kappa shape index (κ2) is 7.87. The number of unbranched alkanes of at least 4 members (excludes halogenated alkanes) is 1. The minimum Gasteiger partial charge on any atom is -0.481 e. The quantitative estimate of drug-likeness (QED) is 0.755. The zero-order valence-electron chi connectivity index (χ0n) is 15.1. The zero-order chi connectivity index (χ0) is 19.6. The topological polar surface area (TPSA) is 104 Å². The average Bonchev–Trinajstić information content (AvgIpc) is 2.89. The average molecular weight is 374 g/mol. The predicted octanol–water partition coefficient (Wildman–Crippen LogP) is 1.40. The summed E-state index contributed by atoms with van der Waals surface area (Å²) in [6.07, 6.45) is 1.37. The number of benzene rings is 1. The van der Waals surface area contributed by atoms with Gasteiger partial charge in [0.05, 0.1) is 36.8 Å². The van der Waals surface area contributed by atoms with Crippen LogP contribution in [0.4, 0.5) is 0 Å². The molecule has 2 aliphatic heterocycles. The highest BCUT2D eigenvalue weighted by molar-refractivity contribution is 6.22. The van der Waals surface area contributed by atoms with Gasteiger partial charge in [0, 0.05) is 18.7 Å². The lowest BCUT2D eigenvalue weighted by atomic mass is 10.0. The molecule has 0 radical (unpaired) electrons. The number of hydrogen-bond donors (Lipinski definition) is 1. The Balaban J connectivity index is 1.84. The molecule has 0 saturated carbocycles. The first-order valence-electron chi connectivity index (χ1n) is 9.04. The number of ether oxygens (including phenoxy) is 1. The lowest BCUT2D eigenvalue weighted by Crippen LogP contribution is -2.49. The number of imide groups is 1. The zero-order valence-corrected chi connectivity index (χ0v) is 15.1. The Labute approximate surface area is 156 Å². The summed E-state index contributed by atoms with van der Waals surface area (Å²) in [6.45, 7) is 3.10. The van der Waals surface area contributed by atoms with E-state index in [2.05, 4.69) is 0 Å². The minimum atomic E-state index is -1.01. The van der Waals surface area contributed by atoms with Gasteiger partial charge in [0.1, 0.15) is 0 Å². The number of fused-ring (bicyclic) bond motifs is 1. The van der Waals surface area contributed by atoms with Crippen molar-refractivity contribution in [2.24, 2.45) is 0 Å². The number of carboxylic acids is 1. The van der Waals surface area contributed by atoms with Crippen LogP contribution in [-0.2, 0) is 9.53 Å². The number of nitrogens with zero attached hydrogens (tertiary/aromatic N) is 2. The summed E-state index contributed by atoms with van der Waals surface area (Å²) < 4.78 is 5.29. The molecule has 1 unspecified atom stereocenters. The Morgan fingerprint density at radius 3 is 2.67 bits per heavy atom. The van der Waals surface area contributed by atoms with Gasteiger partial charge in [-0.1, -0.05) is 13.3 Å². The molecule has 144 valence electrons. The number of hydrogen-bond acceptors (Lipinski definition) is 5. The number of morpholine rings is 1. The highest BCUT2D eigenvalue weighted by Crippen LogP contribution is 2.25. The number of carboxylic acid groups (broad SMARTS) is 1. The fourth-order valence-corrected chi connectivity index (χ4v) is 3.40. The molecule has 0 spiro atoms. The number of carbonyl (C=O) groups is 4. The van der Waals surface area contributed by atoms with Crippen LogP contribution >= 0.6 is 0 Å². The van der Waals surface area contributed by atoms with Crippen LogP contribution in [0.2, 0.25) is 0 Å². The Hall–Kier alpha value is -2.74. The molecular formula is C19H22N2O6. The van der Waals surface area contributed by atoms with Crippen LogP contribution < -0.4 is 0 Å². The molecule has 0 aromatic heterocycles. The van der Waals surface area contributed by atoms with Gasteiger partial charge in [-0.25, -0.2) is 0 Å². The van der Waals surface area contributed by atoms with Crippen molar-refractivity contribution < 1.29 is 29.0 Å². The summed E-state index contributed by atoms with van der Waals surface area (Å²) in [6, 6.07) is 3.90. The maximum absolute atomic E-state index is 12.9. The summed E-state index contributed by atoms with van der Waals surface area (Å²) in [5.74, 6) is -2.09. The SMILES string of the molecule is CCCCN1C(=O)c2ccc(C(=O)N3CCOCC3CC(=O)O)cc2C1=O. The van der Waals surface area contributed by atoms with Crippen LogP contribution in [0.3, 0.4) is 0 Å². The van der Waals surface area contributed by atoms with Gasteiger partial charge in [0.15, 0.2) is 0 Å². The van der Waals surface area contributed by atoms with Crippen LogP contribution in [0.1, 0.15) is 57.3 Å². The number of amides is 3. The molecule has 8 nitrogen and oxygen atoms in total. The Bertz CT molecular complexity index is 790. The van der Waals surface area contributed by atoms with E-state index in [0.717, 1.165) is 12.8 Å². The standard InChI is InChI=1S/C19H22N2O6/c1-2-3-6-21-18(25)14-5-4-12(9-15(14)19(21)26)17(24)20-7-8-27-11-13(20)10-16(22)23/h4-5,9,13H,2-3,6-8,10-11H2,1H3,(H,22,23). The molecule has 0 bridgehead atoms. The second-order valence-corrected chi connectivity index (χ2v) is 6.70. The summed E-state index contributed by atoms with van der Waals surface area (Å²) in [5, 5.41) is 9.05. The molecule has 1 aromatic carbocycles. The number of rotatable bonds is 6. The van der Waals surface area contributed by atoms with Gasteiger partial charge in [-0.05, 0) is 24.6 Å². The van der Waals surface area contributed by atoms with Crippen molar-refractivity contribution >= 4 is 23.7 Å². The van der Waals surface area contributed by atoms with Gasteiger partial charge in [-0.3, -0.25) is 24.1 Å². The van der Waals surface area contributed by atoms with E-state index in [1.807, 2.05) is 6.92 Å². The fourth-order valence-electron chi connectivity index (χ4n) is 3.40. The molecule has 0 aliphatic carbocycles. The third-order valence-electron chi connectivity index (χ3n) is 4.85. The van der Waals surface area contributed by atoms with Gasteiger partial charge >= 0.3 is 5.97 Å². The molecular weight excluding hydrogens is 352 g/mol. The van der Waals surface area contributed by atoms with E-state index in [9.17, 15) is 19.2 Å². The van der Waals surface area contributed by atoms with E-state index in [0.29, 0.717) is 18.7 Å². The molecule has 3 amide bonds. The highest BCUT2D eigenvalue weighted by Gasteiger charge is 2.36. The highest BCUT2D eigenvalue weighted by atomic mass is 16.5. The van der Waals surface area contributed by atoms with Crippen molar-refractivity contribution in [1.82, 2.24) is 9.80 Å². The second-order valence-electron chi connectivity index (χ2n) is 6.70. The molecule has 1 atom stereocenters. The monoisotopic (exact) mass is 374 g/mol.